The summed E-state index contributed by atoms with van der Waals surface area (Å²) in [4.78, 5) is 2.29. The van der Waals surface area contributed by atoms with Crippen LogP contribution in [0.15, 0.2) is 41.0 Å². The summed E-state index contributed by atoms with van der Waals surface area (Å²) in [5.41, 5.74) is 9.45. The Morgan fingerprint density at radius 1 is 1.28 bits per heavy atom. The van der Waals surface area contributed by atoms with Gasteiger partial charge in [-0.15, -0.1) is 0 Å². The Kier molecular flexibility index (Phi) is 4.05. The zero-order valence-electron chi connectivity index (χ0n) is 11.0. The number of benzene rings is 1. The standard InChI is InChI=1S/C15H20N2O/c1-3-17(11-14-5-4-8-18-14)15-9-12(2)6-7-13(15)10-16/h4-9H,3,10-11,16H2,1-2H3. The van der Waals surface area contributed by atoms with Crippen LogP contribution in [0.2, 0.25) is 0 Å². The quantitative estimate of drug-likeness (QED) is 0.879. The molecule has 0 saturated carbocycles. The van der Waals surface area contributed by atoms with E-state index < -0.39 is 0 Å². The third-order valence-corrected chi connectivity index (χ3v) is 3.11. The van der Waals surface area contributed by atoms with Crippen LogP contribution < -0.4 is 10.6 Å². The van der Waals surface area contributed by atoms with Crippen molar-refractivity contribution in [3.05, 3.63) is 53.5 Å². The average molecular weight is 244 g/mol. The topological polar surface area (TPSA) is 42.4 Å². The Hall–Kier alpha value is -1.74. The van der Waals surface area contributed by atoms with Crippen molar-refractivity contribution < 1.29 is 4.42 Å². The zero-order chi connectivity index (χ0) is 13.0. The van der Waals surface area contributed by atoms with Gasteiger partial charge in [-0.05, 0) is 43.2 Å². The summed E-state index contributed by atoms with van der Waals surface area (Å²) in [6.45, 7) is 6.51. The van der Waals surface area contributed by atoms with Gasteiger partial charge in [-0.3, -0.25) is 0 Å². The van der Waals surface area contributed by atoms with Crippen LogP contribution in [-0.4, -0.2) is 6.54 Å². The Balaban J connectivity index is 2.28. The second-order valence-electron chi connectivity index (χ2n) is 4.43. The van der Waals surface area contributed by atoms with Crippen molar-refractivity contribution in [1.29, 1.82) is 0 Å². The number of hydrogen-bond donors (Lipinski definition) is 1. The number of aryl methyl sites for hydroxylation is 1. The highest BCUT2D eigenvalue weighted by molar-refractivity contribution is 5.55. The first-order valence-corrected chi connectivity index (χ1v) is 6.31. The first-order chi connectivity index (χ1) is 8.74. The van der Waals surface area contributed by atoms with Crippen LogP contribution in [0, 0.1) is 6.92 Å². The lowest BCUT2D eigenvalue weighted by Crippen LogP contribution is -2.23. The van der Waals surface area contributed by atoms with Crippen molar-refractivity contribution in [3.63, 3.8) is 0 Å². The predicted octanol–water partition coefficient (Wildman–Crippen LogP) is 3.07. The third kappa shape index (κ3) is 2.74. The van der Waals surface area contributed by atoms with Crippen LogP contribution in [0.1, 0.15) is 23.8 Å². The van der Waals surface area contributed by atoms with Gasteiger partial charge in [-0.25, -0.2) is 0 Å². The molecule has 0 spiro atoms. The van der Waals surface area contributed by atoms with Gasteiger partial charge >= 0.3 is 0 Å². The van der Waals surface area contributed by atoms with Crippen LogP contribution in [0.3, 0.4) is 0 Å². The number of rotatable bonds is 5. The van der Waals surface area contributed by atoms with Crippen LogP contribution in [-0.2, 0) is 13.1 Å². The Labute approximate surface area is 108 Å². The van der Waals surface area contributed by atoms with Gasteiger partial charge in [0.2, 0.25) is 0 Å². The highest BCUT2D eigenvalue weighted by atomic mass is 16.3. The largest absolute Gasteiger partial charge is 0.467 e. The highest BCUT2D eigenvalue weighted by Gasteiger charge is 2.11. The second kappa shape index (κ2) is 5.74. The van der Waals surface area contributed by atoms with Crippen LogP contribution in [0.25, 0.3) is 0 Å². The molecule has 0 saturated heterocycles. The van der Waals surface area contributed by atoms with Gasteiger partial charge in [0.05, 0.1) is 12.8 Å². The molecule has 0 bridgehead atoms. The normalized spacial score (nSPS) is 10.6. The molecule has 0 unspecified atom stereocenters. The Morgan fingerprint density at radius 3 is 2.72 bits per heavy atom. The second-order valence-corrected chi connectivity index (χ2v) is 4.43. The molecule has 2 N–H and O–H groups in total. The van der Waals surface area contributed by atoms with E-state index in [-0.39, 0.29) is 0 Å². The molecular weight excluding hydrogens is 224 g/mol. The average Bonchev–Trinajstić information content (AvgIpc) is 2.88. The molecule has 1 heterocycles. The van der Waals surface area contributed by atoms with Gasteiger partial charge in [-0.2, -0.15) is 0 Å². The lowest BCUT2D eigenvalue weighted by molar-refractivity contribution is 0.503. The summed E-state index contributed by atoms with van der Waals surface area (Å²) in [5, 5.41) is 0. The summed E-state index contributed by atoms with van der Waals surface area (Å²) in [6, 6.07) is 10.3. The van der Waals surface area contributed by atoms with Gasteiger partial charge in [0.15, 0.2) is 0 Å². The lowest BCUT2D eigenvalue weighted by atomic mass is 10.1. The van der Waals surface area contributed by atoms with Gasteiger partial charge in [0.25, 0.3) is 0 Å². The van der Waals surface area contributed by atoms with E-state index in [1.807, 2.05) is 12.1 Å². The molecule has 0 aliphatic carbocycles. The molecule has 18 heavy (non-hydrogen) atoms. The van der Waals surface area contributed by atoms with E-state index in [1.165, 1.54) is 16.8 Å². The summed E-state index contributed by atoms with van der Waals surface area (Å²) >= 11 is 0. The number of hydrogen-bond acceptors (Lipinski definition) is 3. The number of nitrogens with zero attached hydrogens (tertiary/aromatic N) is 1. The Bertz CT molecular complexity index is 491. The predicted molar refractivity (Wildman–Crippen MR) is 74.5 cm³/mol. The van der Waals surface area contributed by atoms with E-state index in [2.05, 4.69) is 36.9 Å². The molecule has 0 atom stereocenters. The third-order valence-electron chi connectivity index (χ3n) is 3.11. The first kappa shape index (κ1) is 12.7. The summed E-state index contributed by atoms with van der Waals surface area (Å²) in [6.07, 6.45) is 1.71. The fourth-order valence-electron chi connectivity index (χ4n) is 2.10. The molecule has 0 fully saturated rings. The summed E-state index contributed by atoms with van der Waals surface area (Å²) in [5.74, 6) is 0.973. The van der Waals surface area contributed by atoms with Gasteiger partial charge in [0.1, 0.15) is 5.76 Å². The molecule has 3 nitrogen and oxygen atoms in total. The molecule has 2 rings (SSSR count). The summed E-state index contributed by atoms with van der Waals surface area (Å²) in [7, 11) is 0. The van der Waals surface area contributed by atoms with Gasteiger partial charge in [-0.1, -0.05) is 12.1 Å². The fourth-order valence-corrected chi connectivity index (χ4v) is 2.10. The van der Waals surface area contributed by atoms with E-state index in [0.29, 0.717) is 6.54 Å². The SMILES string of the molecule is CCN(Cc1ccco1)c1cc(C)ccc1CN. The first-order valence-electron chi connectivity index (χ1n) is 6.31. The van der Waals surface area contributed by atoms with Gasteiger partial charge in [0, 0.05) is 18.8 Å². The lowest BCUT2D eigenvalue weighted by Gasteiger charge is -2.25. The maximum atomic E-state index is 5.82. The van der Waals surface area contributed by atoms with E-state index in [4.69, 9.17) is 10.2 Å². The minimum Gasteiger partial charge on any atom is -0.467 e. The van der Waals surface area contributed by atoms with E-state index in [1.54, 1.807) is 6.26 Å². The van der Waals surface area contributed by atoms with Crippen molar-refractivity contribution in [2.24, 2.45) is 5.73 Å². The molecule has 96 valence electrons. The monoisotopic (exact) mass is 244 g/mol. The van der Waals surface area contributed by atoms with Crippen molar-refractivity contribution in [3.8, 4) is 0 Å². The summed E-state index contributed by atoms with van der Waals surface area (Å²) < 4.78 is 5.42. The van der Waals surface area contributed by atoms with Gasteiger partial charge < -0.3 is 15.1 Å². The number of furan rings is 1. The molecule has 3 heteroatoms. The number of anilines is 1. The zero-order valence-corrected chi connectivity index (χ0v) is 11.0. The highest BCUT2D eigenvalue weighted by Crippen LogP contribution is 2.23. The molecule has 2 aromatic rings. The molecule has 0 aliphatic heterocycles. The van der Waals surface area contributed by atoms with Crippen LogP contribution in [0.5, 0.6) is 0 Å². The smallest absolute Gasteiger partial charge is 0.123 e. The molecule has 0 radical (unpaired) electrons. The minimum atomic E-state index is 0.560. The van der Waals surface area contributed by atoms with Crippen molar-refractivity contribution >= 4 is 5.69 Å². The Morgan fingerprint density at radius 2 is 2.11 bits per heavy atom. The van der Waals surface area contributed by atoms with Crippen LogP contribution in [0.4, 0.5) is 5.69 Å². The van der Waals surface area contributed by atoms with Crippen molar-refractivity contribution in [2.75, 3.05) is 11.4 Å². The maximum Gasteiger partial charge on any atom is 0.123 e. The van der Waals surface area contributed by atoms with E-state index in [0.717, 1.165) is 18.8 Å². The molecule has 0 aliphatic rings. The van der Waals surface area contributed by atoms with E-state index in [9.17, 15) is 0 Å². The van der Waals surface area contributed by atoms with Crippen LogP contribution >= 0.6 is 0 Å². The molecular formula is C15H20N2O. The van der Waals surface area contributed by atoms with Crippen molar-refractivity contribution in [2.45, 2.75) is 26.9 Å². The molecule has 1 aromatic carbocycles. The number of nitrogens with two attached hydrogens (primary N) is 1. The molecule has 0 amide bonds. The maximum absolute atomic E-state index is 5.82. The minimum absolute atomic E-state index is 0.560. The fraction of sp³-hybridized carbons (Fsp3) is 0.333. The van der Waals surface area contributed by atoms with E-state index >= 15 is 0 Å². The van der Waals surface area contributed by atoms with Crippen molar-refractivity contribution in [1.82, 2.24) is 0 Å². The molecule has 1 aromatic heterocycles.